The van der Waals surface area contributed by atoms with Gasteiger partial charge >= 0.3 is 0 Å². The number of aromatic nitrogens is 2. The van der Waals surface area contributed by atoms with E-state index in [9.17, 15) is 12.8 Å². The highest BCUT2D eigenvalue weighted by Crippen LogP contribution is 2.41. The van der Waals surface area contributed by atoms with Crippen LogP contribution in [0, 0.1) is 11.2 Å². The van der Waals surface area contributed by atoms with Crippen LogP contribution in [-0.4, -0.2) is 56.5 Å². The highest BCUT2D eigenvalue weighted by Gasteiger charge is 2.45. The van der Waals surface area contributed by atoms with Crippen molar-refractivity contribution in [1.29, 1.82) is 0 Å². The van der Waals surface area contributed by atoms with Crippen LogP contribution < -0.4 is 9.62 Å². The number of rotatable bonds is 4. The molecule has 0 radical (unpaired) electrons. The summed E-state index contributed by atoms with van der Waals surface area (Å²) in [6.07, 6.45) is 4.82. The van der Waals surface area contributed by atoms with Crippen LogP contribution in [0.4, 0.5) is 10.3 Å². The molecule has 1 atom stereocenters. The fourth-order valence-corrected chi connectivity index (χ4v) is 4.42. The van der Waals surface area contributed by atoms with Crippen molar-refractivity contribution in [2.75, 3.05) is 37.0 Å². The van der Waals surface area contributed by atoms with Crippen LogP contribution in [0.1, 0.15) is 26.2 Å². The second kappa shape index (κ2) is 6.89. The fourth-order valence-electron chi connectivity index (χ4n) is 3.51. The van der Waals surface area contributed by atoms with Crippen LogP contribution in [-0.2, 0) is 14.8 Å². The number of halogens is 1. The van der Waals surface area contributed by atoms with Crippen molar-refractivity contribution >= 4 is 16.0 Å². The van der Waals surface area contributed by atoms with Crippen LogP contribution >= 0.6 is 0 Å². The Balaban J connectivity index is 1.70. The van der Waals surface area contributed by atoms with E-state index in [4.69, 9.17) is 4.74 Å². The molecule has 1 N–H and O–H groups in total. The lowest BCUT2D eigenvalue weighted by Gasteiger charge is -2.48. The Labute approximate surface area is 141 Å². The van der Waals surface area contributed by atoms with E-state index in [2.05, 4.69) is 14.7 Å². The SMILES string of the molecule is CCS(=O)(=O)N[C@H]1COCCC12CCN(c1ncc(F)cn1)CC2. The van der Waals surface area contributed by atoms with Gasteiger partial charge in [-0.3, -0.25) is 0 Å². The quantitative estimate of drug-likeness (QED) is 0.862. The zero-order chi connectivity index (χ0) is 17.2. The summed E-state index contributed by atoms with van der Waals surface area (Å²) < 4.78 is 45.2. The first-order valence-corrected chi connectivity index (χ1v) is 9.90. The third kappa shape index (κ3) is 3.68. The van der Waals surface area contributed by atoms with E-state index in [0.29, 0.717) is 19.2 Å². The van der Waals surface area contributed by atoms with Gasteiger partial charge in [0.25, 0.3) is 0 Å². The van der Waals surface area contributed by atoms with Gasteiger partial charge in [-0.25, -0.2) is 27.5 Å². The van der Waals surface area contributed by atoms with Crippen LogP contribution in [0.15, 0.2) is 12.4 Å². The van der Waals surface area contributed by atoms with Crippen LogP contribution in [0.25, 0.3) is 0 Å². The van der Waals surface area contributed by atoms with Gasteiger partial charge in [-0.15, -0.1) is 0 Å². The maximum atomic E-state index is 13.0. The van der Waals surface area contributed by atoms with Crippen molar-refractivity contribution in [3.8, 4) is 0 Å². The summed E-state index contributed by atoms with van der Waals surface area (Å²) in [6, 6.07) is -0.201. The molecule has 1 aromatic heterocycles. The van der Waals surface area contributed by atoms with Gasteiger partial charge in [-0.05, 0) is 31.6 Å². The molecule has 134 valence electrons. The summed E-state index contributed by atoms with van der Waals surface area (Å²) >= 11 is 0. The topological polar surface area (TPSA) is 84.4 Å². The first kappa shape index (κ1) is 17.5. The Morgan fingerprint density at radius 1 is 1.33 bits per heavy atom. The molecule has 0 amide bonds. The van der Waals surface area contributed by atoms with Gasteiger partial charge in [0.15, 0.2) is 5.82 Å². The lowest BCUT2D eigenvalue weighted by atomic mass is 9.69. The molecule has 7 nitrogen and oxygen atoms in total. The van der Waals surface area contributed by atoms with E-state index in [0.717, 1.165) is 32.4 Å². The van der Waals surface area contributed by atoms with Crippen LogP contribution in [0.2, 0.25) is 0 Å². The van der Waals surface area contributed by atoms with Crippen molar-refractivity contribution in [3.05, 3.63) is 18.2 Å². The summed E-state index contributed by atoms with van der Waals surface area (Å²) in [6.45, 7) is 4.13. The number of nitrogens with one attached hydrogen (secondary N) is 1. The van der Waals surface area contributed by atoms with E-state index in [1.165, 1.54) is 12.4 Å². The normalized spacial score (nSPS) is 24.2. The summed E-state index contributed by atoms with van der Waals surface area (Å²) in [5, 5.41) is 0. The molecule has 1 aromatic rings. The lowest BCUT2D eigenvalue weighted by molar-refractivity contribution is -0.0234. The number of hydrogen-bond acceptors (Lipinski definition) is 6. The molecule has 3 rings (SSSR count). The summed E-state index contributed by atoms with van der Waals surface area (Å²) in [7, 11) is -3.27. The van der Waals surface area contributed by atoms with Crippen molar-refractivity contribution < 1.29 is 17.5 Å². The van der Waals surface area contributed by atoms with Crippen molar-refractivity contribution in [3.63, 3.8) is 0 Å². The summed E-state index contributed by atoms with van der Waals surface area (Å²) in [5.41, 5.74) is -0.100. The Bertz CT molecular complexity index is 660. The van der Waals surface area contributed by atoms with E-state index >= 15 is 0 Å². The first-order chi connectivity index (χ1) is 11.4. The average Bonchev–Trinajstić information content (AvgIpc) is 2.59. The highest BCUT2D eigenvalue weighted by atomic mass is 32.2. The van der Waals surface area contributed by atoms with Gasteiger partial charge in [-0.2, -0.15) is 0 Å². The molecule has 2 aliphatic rings. The predicted molar refractivity (Wildman–Crippen MR) is 87.7 cm³/mol. The molecule has 0 bridgehead atoms. The second-order valence-electron chi connectivity index (χ2n) is 6.45. The second-order valence-corrected chi connectivity index (χ2v) is 8.49. The van der Waals surface area contributed by atoms with Gasteiger partial charge in [0.05, 0.1) is 30.8 Å². The molecule has 24 heavy (non-hydrogen) atoms. The maximum absolute atomic E-state index is 13.0. The van der Waals surface area contributed by atoms with Crippen LogP contribution in [0.3, 0.4) is 0 Å². The Hall–Kier alpha value is -1.32. The third-order valence-corrected chi connectivity index (χ3v) is 6.52. The number of sulfonamides is 1. The average molecular weight is 358 g/mol. The minimum Gasteiger partial charge on any atom is -0.380 e. The van der Waals surface area contributed by atoms with E-state index < -0.39 is 15.8 Å². The third-order valence-electron chi connectivity index (χ3n) is 5.12. The van der Waals surface area contributed by atoms with Crippen LogP contribution in [0.5, 0.6) is 0 Å². The summed E-state index contributed by atoms with van der Waals surface area (Å²) in [4.78, 5) is 10.1. The molecule has 1 spiro atoms. The first-order valence-electron chi connectivity index (χ1n) is 8.24. The maximum Gasteiger partial charge on any atom is 0.225 e. The van der Waals surface area contributed by atoms with Crippen molar-refractivity contribution in [1.82, 2.24) is 14.7 Å². The van der Waals surface area contributed by atoms with Gasteiger partial charge in [-0.1, -0.05) is 0 Å². The molecule has 9 heteroatoms. The number of hydrogen-bond donors (Lipinski definition) is 1. The van der Waals surface area contributed by atoms with E-state index in [1.54, 1.807) is 6.92 Å². The van der Waals surface area contributed by atoms with E-state index in [-0.39, 0.29) is 17.2 Å². The monoisotopic (exact) mass is 358 g/mol. The Kier molecular flexibility index (Phi) is 5.03. The standard InChI is InChI=1S/C15H23FN4O3S/c1-2-24(21,22)19-13-11-23-8-5-15(13)3-6-20(7-4-15)14-17-9-12(16)10-18-14/h9-10,13,19H,2-8,11H2,1H3/t13-/m0/s1. The molecule has 2 aliphatic heterocycles. The molecule has 2 saturated heterocycles. The number of anilines is 1. The molecule has 0 aromatic carbocycles. The van der Waals surface area contributed by atoms with Crippen molar-refractivity contribution in [2.45, 2.75) is 32.2 Å². The molecule has 3 heterocycles. The zero-order valence-corrected chi connectivity index (χ0v) is 14.6. The number of nitrogens with zero attached hydrogens (tertiary/aromatic N) is 3. The smallest absolute Gasteiger partial charge is 0.225 e. The molecule has 0 unspecified atom stereocenters. The number of piperidine rings is 1. The summed E-state index contributed by atoms with van der Waals surface area (Å²) in [5.74, 6) is 0.129. The highest BCUT2D eigenvalue weighted by molar-refractivity contribution is 7.89. The molecular weight excluding hydrogens is 335 g/mol. The Morgan fingerprint density at radius 2 is 2.00 bits per heavy atom. The molecule has 0 saturated carbocycles. The minimum atomic E-state index is -3.27. The van der Waals surface area contributed by atoms with E-state index in [1.807, 2.05) is 4.90 Å². The Morgan fingerprint density at radius 3 is 2.62 bits per heavy atom. The predicted octanol–water partition coefficient (Wildman–Crippen LogP) is 0.930. The van der Waals surface area contributed by atoms with Gasteiger partial charge in [0.1, 0.15) is 0 Å². The fraction of sp³-hybridized carbons (Fsp3) is 0.733. The molecular formula is C15H23FN4O3S. The van der Waals surface area contributed by atoms with Gasteiger partial charge in [0, 0.05) is 19.7 Å². The lowest BCUT2D eigenvalue weighted by Crippen LogP contribution is -2.57. The molecule has 2 fully saturated rings. The van der Waals surface area contributed by atoms with Crippen molar-refractivity contribution in [2.24, 2.45) is 5.41 Å². The minimum absolute atomic E-state index is 0.0646. The number of ether oxygens (including phenoxy) is 1. The van der Waals surface area contributed by atoms with Gasteiger partial charge in [0.2, 0.25) is 16.0 Å². The zero-order valence-electron chi connectivity index (χ0n) is 13.7. The van der Waals surface area contributed by atoms with Gasteiger partial charge < -0.3 is 9.64 Å². The largest absolute Gasteiger partial charge is 0.380 e. The molecule has 0 aliphatic carbocycles.